The molecule has 4 rings (SSSR count). The highest BCUT2D eigenvalue weighted by atomic mass is 32.2. The number of carbonyl (C=O) groups is 1. The van der Waals surface area contributed by atoms with E-state index in [4.69, 9.17) is 4.74 Å². The van der Waals surface area contributed by atoms with Crippen molar-refractivity contribution in [2.24, 2.45) is 0 Å². The number of benzene rings is 1. The number of carbonyl (C=O) groups excluding carboxylic acids is 1. The summed E-state index contributed by atoms with van der Waals surface area (Å²) in [6.45, 7) is 2.16. The Hall–Kier alpha value is -2.65. The molecule has 1 aromatic carbocycles. The fourth-order valence-corrected chi connectivity index (χ4v) is 6.22. The first-order valence-electron chi connectivity index (χ1n) is 10.5. The van der Waals surface area contributed by atoms with E-state index in [1.165, 1.54) is 12.3 Å². The lowest BCUT2D eigenvalue weighted by atomic mass is 10.1. The van der Waals surface area contributed by atoms with Crippen LogP contribution in [0.1, 0.15) is 43.0 Å². The minimum atomic E-state index is -3.55. The Morgan fingerprint density at radius 2 is 2.03 bits per heavy atom. The molecule has 2 unspecified atom stereocenters. The van der Waals surface area contributed by atoms with Gasteiger partial charge in [0.05, 0.1) is 22.3 Å². The summed E-state index contributed by atoms with van der Waals surface area (Å²) in [7, 11) is 0.381. The number of esters is 1. The molecular formula is C22H27N3O5S. The van der Waals surface area contributed by atoms with E-state index >= 15 is 0 Å². The second kappa shape index (κ2) is 8.12. The first-order valence-corrected chi connectivity index (χ1v) is 12.0. The highest BCUT2D eigenvalue weighted by Crippen LogP contribution is 2.34. The molecule has 0 saturated heterocycles. The van der Waals surface area contributed by atoms with Crippen molar-refractivity contribution < 1.29 is 17.9 Å². The van der Waals surface area contributed by atoms with E-state index in [1.807, 2.05) is 21.0 Å². The molecule has 166 valence electrons. The Bertz CT molecular complexity index is 1310. The summed E-state index contributed by atoms with van der Waals surface area (Å²) in [6.07, 6.45) is 4.16. The molecule has 2 aromatic heterocycles. The average molecular weight is 446 g/mol. The molecule has 0 radical (unpaired) electrons. The lowest BCUT2D eigenvalue weighted by Gasteiger charge is -2.19. The van der Waals surface area contributed by atoms with Crippen molar-refractivity contribution in [2.75, 3.05) is 20.7 Å². The van der Waals surface area contributed by atoms with Crippen molar-refractivity contribution in [3.05, 3.63) is 40.3 Å². The Balaban J connectivity index is 1.84. The van der Waals surface area contributed by atoms with Gasteiger partial charge in [-0.3, -0.25) is 4.79 Å². The lowest BCUT2D eigenvalue weighted by molar-refractivity contribution is 0.0507. The largest absolute Gasteiger partial charge is 0.462 e. The maximum Gasteiger partial charge on any atom is 0.340 e. The summed E-state index contributed by atoms with van der Waals surface area (Å²) in [6, 6.07) is 4.93. The summed E-state index contributed by atoms with van der Waals surface area (Å²) >= 11 is 0. The second-order valence-corrected chi connectivity index (χ2v) is 10.6. The number of fused-ring (bicyclic) bond motifs is 3. The van der Waals surface area contributed by atoms with Gasteiger partial charge >= 0.3 is 5.97 Å². The fourth-order valence-electron chi connectivity index (χ4n) is 4.38. The van der Waals surface area contributed by atoms with E-state index in [0.29, 0.717) is 35.6 Å². The van der Waals surface area contributed by atoms with Gasteiger partial charge in [-0.05, 0) is 58.0 Å². The second-order valence-electron chi connectivity index (χ2n) is 8.35. The van der Waals surface area contributed by atoms with Crippen LogP contribution in [0.2, 0.25) is 0 Å². The number of aromatic nitrogens is 2. The van der Waals surface area contributed by atoms with Crippen molar-refractivity contribution >= 4 is 37.6 Å². The zero-order valence-corrected chi connectivity index (χ0v) is 18.7. The first-order chi connectivity index (χ1) is 14.7. The van der Waals surface area contributed by atoms with Crippen molar-refractivity contribution in [1.29, 1.82) is 0 Å². The molecule has 1 aliphatic rings. The number of rotatable bonds is 6. The molecule has 1 fully saturated rings. The van der Waals surface area contributed by atoms with Gasteiger partial charge in [-0.1, -0.05) is 6.92 Å². The Kier molecular flexibility index (Phi) is 5.65. The molecule has 0 spiro atoms. The molecule has 1 aliphatic carbocycles. The van der Waals surface area contributed by atoms with Gasteiger partial charge in [0.1, 0.15) is 5.52 Å². The zero-order chi connectivity index (χ0) is 22.3. The molecule has 0 aliphatic heterocycles. The van der Waals surface area contributed by atoms with Crippen molar-refractivity contribution in [3.63, 3.8) is 0 Å². The van der Waals surface area contributed by atoms with Crippen molar-refractivity contribution in [3.8, 4) is 0 Å². The third-order valence-electron chi connectivity index (χ3n) is 6.13. The van der Waals surface area contributed by atoms with E-state index in [-0.39, 0.29) is 34.2 Å². The van der Waals surface area contributed by atoms with Crippen LogP contribution in [0.5, 0.6) is 0 Å². The van der Waals surface area contributed by atoms with Crippen LogP contribution in [-0.2, 0) is 14.6 Å². The third-order valence-corrected chi connectivity index (χ3v) is 8.34. The van der Waals surface area contributed by atoms with Crippen LogP contribution < -0.4 is 5.56 Å². The molecule has 0 bridgehead atoms. The third kappa shape index (κ3) is 3.76. The molecule has 8 nitrogen and oxygen atoms in total. The van der Waals surface area contributed by atoms with E-state index in [1.54, 1.807) is 12.1 Å². The average Bonchev–Trinajstić information content (AvgIpc) is 3.40. The van der Waals surface area contributed by atoms with E-state index in [9.17, 15) is 18.0 Å². The predicted molar refractivity (Wildman–Crippen MR) is 119 cm³/mol. The number of hydrogen-bond donors (Lipinski definition) is 2. The summed E-state index contributed by atoms with van der Waals surface area (Å²) in [5.74, 6) is -0.544. The minimum absolute atomic E-state index is 0.201. The van der Waals surface area contributed by atoms with Crippen LogP contribution in [0.25, 0.3) is 21.8 Å². The highest BCUT2D eigenvalue weighted by molar-refractivity contribution is 7.92. The normalized spacial score (nSPS) is 19.5. The molecule has 2 N–H and O–H groups in total. The standard InChI is InChI=1S/C22H27N3O5S/c1-4-9-30-22(27)17-12-23-20-19(17)16-11-15(7-8-18(16)24-21(20)26)31(28,29)14-6-5-13(10-14)25(2)3/h7-8,11-14,23H,4-6,9-10H2,1-3H3,(H,24,26). The predicted octanol–water partition coefficient (Wildman–Crippen LogP) is 2.83. The maximum atomic E-state index is 13.4. The van der Waals surface area contributed by atoms with Crippen molar-refractivity contribution in [1.82, 2.24) is 14.9 Å². The number of nitrogens with one attached hydrogen (secondary N) is 2. The number of aromatic amines is 2. The number of sulfone groups is 1. The number of pyridine rings is 1. The molecule has 2 atom stereocenters. The van der Waals surface area contributed by atoms with E-state index < -0.39 is 21.1 Å². The number of nitrogens with zero attached hydrogens (tertiary/aromatic N) is 1. The molecule has 1 saturated carbocycles. The van der Waals surface area contributed by atoms with Crippen molar-refractivity contribution in [2.45, 2.75) is 48.8 Å². The van der Waals surface area contributed by atoms with Gasteiger partial charge < -0.3 is 19.6 Å². The monoisotopic (exact) mass is 445 g/mol. The van der Waals surface area contributed by atoms with Gasteiger partial charge in [0.2, 0.25) is 0 Å². The van der Waals surface area contributed by atoms with Crippen LogP contribution in [0.15, 0.2) is 34.1 Å². The SMILES string of the molecule is CCCOC(=O)c1c[nH]c2c(=O)[nH]c3ccc(S(=O)(=O)C4CCC(N(C)C)C4)cc3c12. The van der Waals surface area contributed by atoms with Crippen LogP contribution in [0.3, 0.4) is 0 Å². The summed E-state index contributed by atoms with van der Waals surface area (Å²) < 4.78 is 32.0. The maximum absolute atomic E-state index is 13.4. The Labute approximate surface area is 180 Å². The summed E-state index contributed by atoms with van der Waals surface area (Å²) in [5, 5.41) is 0.438. The molecule has 31 heavy (non-hydrogen) atoms. The van der Waals surface area contributed by atoms with Crippen LogP contribution >= 0.6 is 0 Å². The molecular weight excluding hydrogens is 418 g/mol. The van der Waals surface area contributed by atoms with Crippen LogP contribution in [0, 0.1) is 0 Å². The van der Waals surface area contributed by atoms with Gasteiger partial charge in [-0.2, -0.15) is 0 Å². The van der Waals surface area contributed by atoms with Gasteiger partial charge in [-0.15, -0.1) is 0 Å². The summed E-state index contributed by atoms with van der Waals surface area (Å²) in [4.78, 5) is 32.9. The van der Waals surface area contributed by atoms with E-state index in [2.05, 4.69) is 14.9 Å². The Morgan fingerprint density at radius 1 is 1.26 bits per heavy atom. The minimum Gasteiger partial charge on any atom is -0.462 e. The number of ether oxygens (including phenoxy) is 1. The van der Waals surface area contributed by atoms with Gasteiger partial charge in [-0.25, -0.2) is 13.2 Å². The van der Waals surface area contributed by atoms with Gasteiger partial charge in [0.25, 0.3) is 5.56 Å². The first kappa shape index (κ1) is 21.6. The number of H-pyrrole nitrogens is 2. The van der Waals surface area contributed by atoms with Crippen LogP contribution in [0.4, 0.5) is 0 Å². The molecule has 0 amide bonds. The number of hydrogen-bond acceptors (Lipinski definition) is 6. The lowest BCUT2D eigenvalue weighted by Crippen LogP contribution is -2.27. The van der Waals surface area contributed by atoms with Gasteiger partial charge in [0, 0.05) is 28.5 Å². The van der Waals surface area contributed by atoms with Crippen LogP contribution in [-0.4, -0.2) is 61.2 Å². The van der Waals surface area contributed by atoms with Gasteiger partial charge in [0.15, 0.2) is 9.84 Å². The Morgan fingerprint density at radius 3 is 2.71 bits per heavy atom. The highest BCUT2D eigenvalue weighted by Gasteiger charge is 2.36. The summed E-state index contributed by atoms with van der Waals surface area (Å²) in [5.41, 5.74) is 0.539. The smallest absolute Gasteiger partial charge is 0.340 e. The topological polar surface area (TPSA) is 112 Å². The molecule has 9 heteroatoms. The molecule has 3 aromatic rings. The molecule has 2 heterocycles. The quantitative estimate of drug-likeness (QED) is 0.564. The van der Waals surface area contributed by atoms with E-state index in [0.717, 1.165) is 6.42 Å². The fraction of sp³-hybridized carbons (Fsp3) is 0.455. The zero-order valence-electron chi connectivity index (χ0n) is 17.9.